The van der Waals surface area contributed by atoms with Crippen LogP contribution in [0.5, 0.6) is 0 Å². The highest BCUT2D eigenvalue weighted by Crippen LogP contribution is 2.28. The van der Waals surface area contributed by atoms with Crippen LogP contribution >= 0.6 is 37.2 Å². The van der Waals surface area contributed by atoms with E-state index < -0.39 is 5.54 Å². The second-order valence-corrected chi connectivity index (χ2v) is 9.17. The van der Waals surface area contributed by atoms with Crippen LogP contribution in [0.4, 0.5) is 0 Å². The average molecular weight is 605 g/mol. The fourth-order valence-corrected chi connectivity index (χ4v) is 3.46. The summed E-state index contributed by atoms with van der Waals surface area (Å²) in [6.45, 7) is 3.50. The van der Waals surface area contributed by atoms with E-state index in [9.17, 15) is 14.4 Å². The lowest BCUT2D eigenvalue weighted by atomic mass is 9.80. The molecule has 1 aliphatic rings. The summed E-state index contributed by atoms with van der Waals surface area (Å²) in [5, 5.41) is 0. The third-order valence-electron chi connectivity index (χ3n) is 5.96. The molecule has 2 unspecified atom stereocenters. The van der Waals surface area contributed by atoms with Crippen LogP contribution in [0, 0.1) is 0 Å². The van der Waals surface area contributed by atoms with Crippen LogP contribution in [-0.4, -0.2) is 56.4 Å². The standard InChI is InChI=1S/C11H15NO2.C9H17NO2.C6H13NO2.3ClH/c1-14-11(13)8-10(12)7-9-5-3-2-4-6-9;1-12-8(11)7-9(10)5-3-2-4-6-9;1-4-6(2,7)5(8)9-3;;;/h2-6,10H,7-8,12H2,1H3;2-7,10H2,1H3;4,7H2,1-3H3;3*1H. The molecule has 38 heavy (non-hydrogen) atoms. The first kappa shape index (κ1) is 43.4. The summed E-state index contributed by atoms with van der Waals surface area (Å²) in [7, 11) is 4.12. The Balaban J connectivity index is -0.000000225. The van der Waals surface area contributed by atoms with Gasteiger partial charge in [-0.3, -0.25) is 14.4 Å². The number of methoxy groups -OCH3 is 3. The van der Waals surface area contributed by atoms with Crippen LogP contribution < -0.4 is 17.2 Å². The van der Waals surface area contributed by atoms with Gasteiger partial charge in [-0.2, -0.15) is 0 Å². The Bertz CT molecular complexity index is 764. The van der Waals surface area contributed by atoms with Crippen molar-refractivity contribution in [1.29, 1.82) is 0 Å². The molecule has 12 heteroatoms. The predicted molar refractivity (Wildman–Crippen MR) is 158 cm³/mol. The SMILES string of the molecule is CCC(C)(N)C(=O)OC.COC(=O)CC(N)Cc1ccccc1.COC(=O)CC1(N)CCCCC1.Cl.Cl.Cl. The number of hydrogen-bond acceptors (Lipinski definition) is 9. The number of nitrogens with two attached hydrogens (primary N) is 3. The molecule has 0 saturated heterocycles. The summed E-state index contributed by atoms with van der Waals surface area (Å²) in [6.07, 6.45) is 7.41. The van der Waals surface area contributed by atoms with Gasteiger partial charge in [-0.15, -0.1) is 37.2 Å². The molecule has 0 bridgehead atoms. The van der Waals surface area contributed by atoms with Gasteiger partial charge >= 0.3 is 17.9 Å². The second-order valence-electron chi connectivity index (χ2n) is 9.17. The van der Waals surface area contributed by atoms with Gasteiger partial charge in [0.1, 0.15) is 5.54 Å². The van der Waals surface area contributed by atoms with E-state index in [4.69, 9.17) is 17.2 Å². The van der Waals surface area contributed by atoms with Crippen molar-refractivity contribution in [2.24, 2.45) is 17.2 Å². The maximum atomic E-state index is 11.0. The molecule has 0 spiro atoms. The van der Waals surface area contributed by atoms with Crippen LogP contribution in [0.2, 0.25) is 0 Å². The zero-order valence-electron chi connectivity index (χ0n) is 23.2. The van der Waals surface area contributed by atoms with Gasteiger partial charge in [-0.25, -0.2) is 0 Å². The zero-order chi connectivity index (χ0) is 26.9. The number of esters is 3. The van der Waals surface area contributed by atoms with Gasteiger partial charge in [0.05, 0.1) is 34.2 Å². The molecule has 1 fully saturated rings. The highest BCUT2D eigenvalue weighted by molar-refractivity contribution is 5.86. The van der Waals surface area contributed by atoms with Crippen molar-refractivity contribution in [2.75, 3.05) is 21.3 Å². The predicted octanol–water partition coefficient (Wildman–Crippen LogP) is 3.88. The van der Waals surface area contributed by atoms with Gasteiger partial charge in [0.2, 0.25) is 0 Å². The molecule has 1 aromatic rings. The molecule has 0 aliphatic heterocycles. The minimum absolute atomic E-state index is 0. The van der Waals surface area contributed by atoms with E-state index in [1.54, 1.807) is 6.92 Å². The van der Waals surface area contributed by atoms with Gasteiger partial charge in [0.15, 0.2) is 0 Å². The number of hydrogen-bond donors (Lipinski definition) is 3. The fraction of sp³-hybridized carbons (Fsp3) is 0.654. The third kappa shape index (κ3) is 19.4. The van der Waals surface area contributed by atoms with Crippen molar-refractivity contribution in [2.45, 2.75) is 88.8 Å². The molecule has 2 atom stereocenters. The van der Waals surface area contributed by atoms with Crippen molar-refractivity contribution in [3.05, 3.63) is 35.9 Å². The number of carbonyl (C=O) groups is 3. The highest BCUT2D eigenvalue weighted by Gasteiger charge is 2.30. The first-order chi connectivity index (χ1) is 16.4. The van der Waals surface area contributed by atoms with Crippen molar-refractivity contribution in [3.8, 4) is 0 Å². The van der Waals surface area contributed by atoms with Crippen molar-refractivity contribution >= 4 is 55.1 Å². The fourth-order valence-electron chi connectivity index (χ4n) is 3.46. The van der Waals surface area contributed by atoms with Gasteiger partial charge < -0.3 is 31.4 Å². The Labute approximate surface area is 246 Å². The van der Waals surface area contributed by atoms with Gasteiger partial charge in [0, 0.05) is 11.6 Å². The minimum atomic E-state index is -0.811. The minimum Gasteiger partial charge on any atom is -0.469 e. The number of carbonyl (C=O) groups excluding carboxylic acids is 3. The second kappa shape index (κ2) is 23.3. The molecule has 0 heterocycles. The summed E-state index contributed by atoms with van der Waals surface area (Å²) >= 11 is 0. The van der Waals surface area contributed by atoms with Gasteiger partial charge in [-0.05, 0) is 38.2 Å². The molecular formula is C26H48Cl3N3O6. The number of rotatable bonds is 8. The van der Waals surface area contributed by atoms with Crippen molar-refractivity contribution < 1.29 is 28.6 Å². The van der Waals surface area contributed by atoms with Crippen molar-refractivity contribution in [1.82, 2.24) is 0 Å². The molecular weight excluding hydrogens is 557 g/mol. The Morgan fingerprint density at radius 1 is 0.921 bits per heavy atom. The van der Waals surface area contributed by atoms with E-state index in [2.05, 4.69) is 14.2 Å². The number of ether oxygens (including phenoxy) is 3. The summed E-state index contributed by atoms with van der Waals surface area (Å²) in [5.41, 5.74) is 17.4. The Hall–Kier alpha value is -1.62. The summed E-state index contributed by atoms with van der Waals surface area (Å²) in [4.78, 5) is 32.6. The molecule has 0 radical (unpaired) electrons. The molecule has 1 aliphatic carbocycles. The van der Waals surface area contributed by atoms with Crippen LogP contribution in [0.1, 0.15) is 70.8 Å². The monoisotopic (exact) mass is 603 g/mol. The van der Waals surface area contributed by atoms with E-state index >= 15 is 0 Å². The molecule has 1 aromatic carbocycles. The first-order valence-corrected chi connectivity index (χ1v) is 12.0. The Morgan fingerprint density at radius 3 is 1.82 bits per heavy atom. The van der Waals surface area contributed by atoms with E-state index in [-0.39, 0.29) is 73.1 Å². The van der Waals surface area contributed by atoms with Gasteiger partial charge in [0.25, 0.3) is 0 Å². The summed E-state index contributed by atoms with van der Waals surface area (Å²) < 4.78 is 13.6. The van der Waals surface area contributed by atoms with Crippen LogP contribution in [0.15, 0.2) is 30.3 Å². The quantitative estimate of drug-likeness (QED) is 0.296. The molecule has 6 N–H and O–H groups in total. The average Bonchev–Trinajstić information content (AvgIpc) is 2.84. The summed E-state index contributed by atoms with van der Waals surface area (Å²) in [5.74, 6) is -0.794. The maximum absolute atomic E-state index is 11.0. The maximum Gasteiger partial charge on any atom is 0.325 e. The van der Waals surface area contributed by atoms with E-state index in [1.165, 1.54) is 27.8 Å². The Kier molecular flexibility index (Phi) is 26.6. The third-order valence-corrected chi connectivity index (χ3v) is 5.96. The van der Waals surface area contributed by atoms with Crippen LogP contribution in [-0.2, 0) is 35.0 Å². The Morgan fingerprint density at radius 2 is 1.42 bits per heavy atom. The van der Waals surface area contributed by atoms with E-state index in [0.717, 1.165) is 31.2 Å². The molecule has 2 rings (SSSR count). The molecule has 9 nitrogen and oxygen atoms in total. The van der Waals surface area contributed by atoms with E-state index in [1.807, 2.05) is 37.3 Å². The van der Waals surface area contributed by atoms with E-state index in [0.29, 0.717) is 19.3 Å². The molecule has 0 amide bonds. The highest BCUT2D eigenvalue weighted by atomic mass is 35.5. The largest absolute Gasteiger partial charge is 0.469 e. The smallest absolute Gasteiger partial charge is 0.325 e. The van der Waals surface area contributed by atoms with Crippen molar-refractivity contribution in [3.63, 3.8) is 0 Å². The summed E-state index contributed by atoms with van der Waals surface area (Å²) in [6, 6.07) is 9.70. The lowest BCUT2D eigenvalue weighted by molar-refractivity contribution is -0.146. The molecule has 1 saturated carbocycles. The number of benzene rings is 1. The zero-order valence-corrected chi connectivity index (χ0v) is 25.7. The van der Waals surface area contributed by atoms with Gasteiger partial charge in [-0.1, -0.05) is 56.5 Å². The topological polar surface area (TPSA) is 157 Å². The first-order valence-electron chi connectivity index (χ1n) is 12.0. The molecule has 0 aromatic heterocycles. The lowest BCUT2D eigenvalue weighted by Crippen LogP contribution is -2.44. The normalized spacial score (nSPS) is 15.3. The number of halogens is 3. The molecule has 224 valence electrons. The van der Waals surface area contributed by atoms with Crippen LogP contribution in [0.25, 0.3) is 0 Å². The lowest BCUT2D eigenvalue weighted by Gasteiger charge is -2.32. The van der Waals surface area contributed by atoms with Crippen LogP contribution in [0.3, 0.4) is 0 Å².